The van der Waals surface area contributed by atoms with Gasteiger partial charge in [0.15, 0.2) is 5.58 Å². The Morgan fingerprint density at radius 3 is 1.72 bits per heavy atom. The average molecular weight is 766 g/mol. The van der Waals surface area contributed by atoms with Crippen LogP contribution in [-0.2, 0) is 5.41 Å². The molecule has 0 saturated heterocycles. The molecular formula is C57H35NO2. The van der Waals surface area contributed by atoms with Crippen molar-refractivity contribution in [1.82, 2.24) is 0 Å². The molecule has 0 unspecified atom stereocenters. The van der Waals surface area contributed by atoms with E-state index in [4.69, 9.17) is 9.15 Å². The molecule has 1 aliphatic carbocycles. The number of rotatable bonds is 4. The zero-order valence-corrected chi connectivity index (χ0v) is 32.5. The lowest BCUT2D eigenvalue weighted by atomic mass is 9.66. The quantitative estimate of drug-likeness (QED) is 0.178. The first-order valence-electron chi connectivity index (χ1n) is 20.6. The third kappa shape index (κ3) is 4.54. The number of benzene rings is 10. The monoisotopic (exact) mass is 765 g/mol. The third-order valence-electron chi connectivity index (χ3n) is 12.9. The van der Waals surface area contributed by atoms with Gasteiger partial charge in [0.1, 0.15) is 17.1 Å². The van der Waals surface area contributed by atoms with E-state index >= 15 is 0 Å². The third-order valence-corrected chi connectivity index (χ3v) is 12.9. The lowest BCUT2D eigenvalue weighted by Gasteiger charge is -2.39. The minimum Gasteiger partial charge on any atom is -0.457 e. The summed E-state index contributed by atoms with van der Waals surface area (Å²) in [6.45, 7) is 0. The molecule has 0 atom stereocenters. The number of anilines is 3. The van der Waals surface area contributed by atoms with Crippen molar-refractivity contribution in [2.75, 3.05) is 4.90 Å². The maximum atomic E-state index is 6.95. The van der Waals surface area contributed by atoms with Crippen molar-refractivity contribution in [3.05, 3.63) is 235 Å². The molecule has 0 N–H and O–H groups in total. The van der Waals surface area contributed by atoms with E-state index in [0.717, 1.165) is 67.0 Å². The molecule has 3 nitrogen and oxygen atoms in total. The zero-order chi connectivity index (χ0) is 39.4. The van der Waals surface area contributed by atoms with E-state index in [1.54, 1.807) is 0 Å². The molecule has 10 aromatic carbocycles. The SMILES string of the molecule is c1ccc2c(c1)Oc1ccccc1C21c2ccccc2-c2ccc(-c3ccc(N(c4cccc5ccccc45)c4cccc5c4oc4c6ccccc6ccc54)cc3)cc21. The van der Waals surface area contributed by atoms with Crippen LogP contribution in [0.4, 0.5) is 17.1 Å². The molecule has 1 aliphatic heterocycles. The van der Waals surface area contributed by atoms with E-state index in [1.165, 1.54) is 49.5 Å². The second kappa shape index (κ2) is 12.6. The molecule has 13 rings (SSSR count). The van der Waals surface area contributed by atoms with Crippen molar-refractivity contribution in [2.24, 2.45) is 0 Å². The van der Waals surface area contributed by atoms with Gasteiger partial charge in [-0.05, 0) is 92.7 Å². The summed E-state index contributed by atoms with van der Waals surface area (Å²) in [4.78, 5) is 2.36. The standard InChI is InChI=1S/C57H35NO2/c1-3-16-41-37(13-1)15-11-23-51(41)58(52-24-12-19-45-46-34-29-38-14-2-4-17-42(38)55(46)60-56(45)52)40-31-27-36(28-32-40)39-30-33-44-43-18-5-6-20-47(43)57(50(44)35-39)48-21-7-9-25-53(48)59-54-26-10-8-22-49(54)57/h1-35H. The number of furan rings is 1. The highest BCUT2D eigenvalue weighted by atomic mass is 16.5. The molecule has 0 fully saturated rings. The number of nitrogens with zero attached hydrogens (tertiary/aromatic N) is 1. The van der Waals surface area contributed by atoms with Gasteiger partial charge < -0.3 is 14.1 Å². The van der Waals surface area contributed by atoms with Crippen molar-refractivity contribution < 1.29 is 9.15 Å². The Hall–Kier alpha value is -7.88. The van der Waals surface area contributed by atoms with Crippen LogP contribution >= 0.6 is 0 Å². The van der Waals surface area contributed by atoms with E-state index in [0.29, 0.717) is 0 Å². The molecule has 60 heavy (non-hydrogen) atoms. The average Bonchev–Trinajstić information content (AvgIpc) is 3.84. The van der Waals surface area contributed by atoms with Crippen LogP contribution in [0.1, 0.15) is 22.3 Å². The Labute approximate surface area is 347 Å². The normalized spacial score (nSPS) is 13.3. The summed E-state index contributed by atoms with van der Waals surface area (Å²) in [5.74, 6) is 1.80. The Bertz CT molecular complexity index is 3490. The summed E-state index contributed by atoms with van der Waals surface area (Å²) >= 11 is 0. The van der Waals surface area contributed by atoms with Crippen LogP contribution in [0.3, 0.4) is 0 Å². The van der Waals surface area contributed by atoms with Crippen molar-refractivity contribution in [1.29, 1.82) is 0 Å². The lowest BCUT2D eigenvalue weighted by Crippen LogP contribution is -2.32. The number of fused-ring (bicyclic) bond motifs is 15. The minimum absolute atomic E-state index is 0.519. The Balaban J connectivity index is 0.998. The van der Waals surface area contributed by atoms with Crippen LogP contribution in [0.25, 0.3) is 65.7 Å². The van der Waals surface area contributed by atoms with Crippen LogP contribution in [0, 0.1) is 0 Å². The summed E-state index contributed by atoms with van der Waals surface area (Å²) < 4.78 is 13.5. The largest absolute Gasteiger partial charge is 0.457 e. The molecular weight excluding hydrogens is 731 g/mol. The summed E-state index contributed by atoms with van der Waals surface area (Å²) in [6, 6.07) is 76.6. The number of hydrogen-bond donors (Lipinski definition) is 0. The molecule has 11 aromatic rings. The summed E-state index contributed by atoms with van der Waals surface area (Å²) in [5.41, 5.74) is 14.1. The van der Waals surface area contributed by atoms with Crippen LogP contribution in [0.5, 0.6) is 11.5 Å². The van der Waals surface area contributed by atoms with Gasteiger partial charge in [0.05, 0.1) is 16.8 Å². The summed E-state index contributed by atoms with van der Waals surface area (Å²) in [5, 5.41) is 6.85. The second-order valence-corrected chi connectivity index (χ2v) is 16.0. The molecule has 2 heterocycles. The fourth-order valence-corrected chi connectivity index (χ4v) is 10.3. The number of hydrogen-bond acceptors (Lipinski definition) is 3. The van der Waals surface area contributed by atoms with E-state index < -0.39 is 5.41 Å². The predicted octanol–water partition coefficient (Wildman–Crippen LogP) is 15.5. The zero-order valence-electron chi connectivity index (χ0n) is 32.5. The van der Waals surface area contributed by atoms with E-state index in [1.807, 2.05) is 0 Å². The van der Waals surface area contributed by atoms with Gasteiger partial charge in [0.25, 0.3) is 0 Å². The van der Waals surface area contributed by atoms with Gasteiger partial charge in [-0.25, -0.2) is 0 Å². The molecule has 0 radical (unpaired) electrons. The maximum Gasteiger partial charge on any atom is 0.159 e. The molecule has 2 aliphatic rings. The van der Waals surface area contributed by atoms with Crippen LogP contribution < -0.4 is 9.64 Å². The van der Waals surface area contributed by atoms with Gasteiger partial charge in [-0.3, -0.25) is 0 Å². The van der Waals surface area contributed by atoms with Crippen LogP contribution in [0.2, 0.25) is 0 Å². The van der Waals surface area contributed by atoms with Gasteiger partial charge in [-0.2, -0.15) is 0 Å². The maximum absolute atomic E-state index is 6.95. The van der Waals surface area contributed by atoms with Gasteiger partial charge in [-0.15, -0.1) is 0 Å². The van der Waals surface area contributed by atoms with E-state index in [9.17, 15) is 0 Å². The van der Waals surface area contributed by atoms with Gasteiger partial charge in [0.2, 0.25) is 0 Å². The lowest BCUT2D eigenvalue weighted by molar-refractivity contribution is 0.436. The summed E-state index contributed by atoms with van der Waals surface area (Å²) in [6.07, 6.45) is 0. The predicted molar refractivity (Wildman–Crippen MR) is 246 cm³/mol. The Morgan fingerprint density at radius 2 is 0.917 bits per heavy atom. The molecule has 0 bridgehead atoms. The van der Waals surface area contributed by atoms with Crippen molar-refractivity contribution >= 4 is 60.5 Å². The van der Waals surface area contributed by atoms with Gasteiger partial charge >= 0.3 is 0 Å². The highest BCUT2D eigenvalue weighted by molar-refractivity contribution is 6.18. The molecule has 0 amide bonds. The molecule has 1 spiro atoms. The topological polar surface area (TPSA) is 25.6 Å². The van der Waals surface area contributed by atoms with Gasteiger partial charge in [-0.1, -0.05) is 164 Å². The number of ether oxygens (including phenoxy) is 1. The Kier molecular flexibility index (Phi) is 6.93. The first-order chi connectivity index (χ1) is 29.8. The van der Waals surface area contributed by atoms with E-state index in [2.05, 4.69) is 217 Å². The second-order valence-electron chi connectivity index (χ2n) is 16.0. The van der Waals surface area contributed by atoms with Crippen LogP contribution in [-0.4, -0.2) is 0 Å². The molecule has 1 aromatic heterocycles. The van der Waals surface area contributed by atoms with Crippen molar-refractivity contribution in [3.63, 3.8) is 0 Å². The first-order valence-corrected chi connectivity index (χ1v) is 20.6. The van der Waals surface area contributed by atoms with E-state index in [-0.39, 0.29) is 0 Å². The Morgan fingerprint density at radius 1 is 0.350 bits per heavy atom. The number of para-hydroxylation sites is 3. The highest BCUT2D eigenvalue weighted by Crippen LogP contribution is 2.62. The molecule has 280 valence electrons. The minimum atomic E-state index is -0.519. The first kappa shape index (κ1) is 33.1. The van der Waals surface area contributed by atoms with Crippen molar-refractivity contribution in [2.45, 2.75) is 5.41 Å². The van der Waals surface area contributed by atoms with Gasteiger partial charge in [0, 0.05) is 38.4 Å². The highest BCUT2D eigenvalue weighted by Gasteiger charge is 2.51. The smallest absolute Gasteiger partial charge is 0.159 e. The fraction of sp³-hybridized carbons (Fsp3) is 0.0175. The molecule has 0 saturated carbocycles. The fourth-order valence-electron chi connectivity index (χ4n) is 10.3. The molecule has 3 heteroatoms. The van der Waals surface area contributed by atoms with Crippen LogP contribution in [0.15, 0.2) is 217 Å². The summed E-state index contributed by atoms with van der Waals surface area (Å²) in [7, 11) is 0. The van der Waals surface area contributed by atoms with Crippen molar-refractivity contribution in [3.8, 4) is 33.8 Å².